The fourth-order valence-electron chi connectivity index (χ4n) is 0.757. The maximum atomic E-state index is 8.00. The molecule has 0 N–H and O–H groups in total. The third-order valence-electron chi connectivity index (χ3n) is 1.30. The average Bonchev–Trinajstić information content (AvgIpc) is 2.08. The monoisotopic (exact) mass is 170 g/mol. The van der Waals surface area contributed by atoms with Gasteiger partial charge in [-0.15, -0.1) is 0 Å². The third-order valence-corrected chi connectivity index (χ3v) is 1.53. The molecule has 1 nitrogen and oxygen atoms in total. The largest absolute Gasteiger partial charge is 0.307 e. The topological polar surface area (TPSA) is 17.1 Å². The molecule has 0 spiro atoms. The normalized spacial score (nSPS) is 8.18. The van der Waals surface area contributed by atoms with Gasteiger partial charge in [0, 0.05) is 5.02 Å². The van der Waals surface area contributed by atoms with E-state index >= 15 is 0 Å². The van der Waals surface area contributed by atoms with Crippen molar-refractivity contribution >= 4 is 18.4 Å². The smallest absolute Gasteiger partial charge is 0.106 e. The van der Waals surface area contributed by atoms with Crippen LogP contribution >= 0.6 is 11.6 Å². The van der Waals surface area contributed by atoms with Crippen molar-refractivity contribution in [1.82, 2.24) is 0 Å². The number of benzene rings is 1. The number of aryl methyl sites for hydroxylation is 1. The van der Waals surface area contributed by atoms with Crippen LogP contribution in [-0.4, -0.2) is 6.79 Å². The highest BCUT2D eigenvalue weighted by atomic mass is 35.5. The van der Waals surface area contributed by atoms with Gasteiger partial charge in [-0.1, -0.05) is 30.7 Å². The van der Waals surface area contributed by atoms with E-state index in [1.54, 1.807) is 0 Å². The summed E-state index contributed by atoms with van der Waals surface area (Å²) in [6.07, 6.45) is 1.06. The number of hydrogen-bond acceptors (Lipinski definition) is 1. The van der Waals surface area contributed by atoms with Crippen molar-refractivity contribution in [2.24, 2.45) is 0 Å². The first-order valence-electron chi connectivity index (χ1n) is 3.36. The number of hydrogen-bond donors (Lipinski definition) is 0. The molecule has 0 radical (unpaired) electrons. The third kappa shape index (κ3) is 3.79. The van der Waals surface area contributed by atoms with E-state index in [-0.39, 0.29) is 0 Å². The lowest BCUT2D eigenvalue weighted by molar-refractivity contribution is -0.0979. The lowest BCUT2D eigenvalue weighted by Crippen LogP contribution is -1.76. The molecule has 0 bridgehead atoms. The van der Waals surface area contributed by atoms with Gasteiger partial charge in [0.15, 0.2) is 0 Å². The maximum Gasteiger partial charge on any atom is 0.106 e. The molecule has 0 fully saturated rings. The molecule has 0 atom stereocenters. The van der Waals surface area contributed by atoms with Crippen LogP contribution in [0.5, 0.6) is 0 Å². The summed E-state index contributed by atoms with van der Waals surface area (Å²) in [5.74, 6) is 0. The summed E-state index contributed by atoms with van der Waals surface area (Å²) in [7, 11) is 0. The first kappa shape index (κ1) is 10.2. The van der Waals surface area contributed by atoms with Gasteiger partial charge in [-0.05, 0) is 24.1 Å². The Hall–Kier alpha value is -0.820. The molecule has 0 amide bonds. The predicted molar refractivity (Wildman–Crippen MR) is 48.0 cm³/mol. The molecule has 0 saturated heterocycles. The number of carbonyl (C=O) groups excluding carboxylic acids is 1. The number of carbonyl (C=O) groups is 1. The highest BCUT2D eigenvalue weighted by Crippen LogP contribution is 2.10. The Morgan fingerprint density at radius 1 is 1.45 bits per heavy atom. The fourth-order valence-corrected chi connectivity index (χ4v) is 0.970. The summed E-state index contributed by atoms with van der Waals surface area (Å²) in [4.78, 5) is 8.00. The molecular formula is C9H11ClO. The predicted octanol–water partition coefficient (Wildman–Crippen LogP) is 2.72. The molecule has 0 aromatic heterocycles. The van der Waals surface area contributed by atoms with Crippen LogP contribution in [0.25, 0.3) is 0 Å². The first-order chi connectivity index (χ1) is 5.33. The average molecular weight is 171 g/mol. The van der Waals surface area contributed by atoms with E-state index in [2.05, 4.69) is 13.0 Å². The summed E-state index contributed by atoms with van der Waals surface area (Å²) >= 11 is 5.72. The molecule has 0 aliphatic carbocycles. The molecule has 0 aliphatic heterocycles. The molecule has 0 saturated carbocycles. The molecule has 2 heteroatoms. The van der Waals surface area contributed by atoms with Crippen LogP contribution in [0, 0.1) is 0 Å². The van der Waals surface area contributed by atoms with Crippen molar-refractivity contribution < 1.29 is 4.79 Å². The van der Waals surface area contributed by atoms with Crippen LogP contribution in [0.15, 0.2) is 24.3 Å². The molecule has 0 aliphatic rings. The van der Waals surface area contributed by atoms with Gasteiger partial charge in [0.1, 0.15) is 6.79 Å². The lowest BCUT2D eigenvalue weighted by atomic mass is 10.2. The molecular weight excluding hydrogens is 160 g/mol. The van der Waals surface area contributed by atoms with Crippen molar-refractivity contribution in [2.45, 2.75) is 13.3 Å². The van der Waals surface area contributed by atoms with E-state index in [4.69, 9.17) is 16.4 Å². The van der Waals surface area contributed by atoms with Crippen molar-refractivity contribution in [3.63, 3.8) is 0 Å². The van der Waals surface area contributed by atoms with Crippen LogP contribution in [0.4, 0.5) is 0 Å². The number of halogens is 1. The van der Waals surface area contributed by atoms with E-state index in [1.165, 1.54) is 5.56 Å². The van der Waals surface area contributed by atoms with Gasteiger partial charge in [-0.2, -0.15) is 0 Å². The standard InChI is InChI=1S/C8H9Cl.CH2O/c1-2-7-4-3-5-8(9)6-7;1-2/h3-6H,2H2,1H3;1H2. The summed E-state index contributed by atoms with van der Waals surface area (Å²) in [6, 6.07) is 7.93. The second kappa shape index (κ2) is 5.93. The van der Waals surface area contributed by atoms with Crippen LogP contribution in [0.1, 0.15) is 12.5 Å². The van der Waals surface area contributed by atoms with Gasteiger partial charge >= 0.3 is 0 Å². The molecule has 0 heterocycles. The van der Waals surface area contributed by atoms with Crippen LogP contribution in [0.2, 0.25) is 5.02 Å². The zero-order chi connectivity index (χ0) is 8.69. The summed E-state index contributed by atoms with van der Waals surface area (Å²) in [5.41, 5.74) is 1.29. The minimum absolute atomic E-state index is 0.828. The Labute approximate surface area is 72.0 Å². The Balaban J connectivity index is 0.000000461. The quantitative estimate of drug-likeness (QED) is 0.634. The van der Waals surface area contributed by atoms with E-state index in [1.807, 2.05) is 25.0 Å². The van der Waals surface area contributed by atoms with Gasteiger partial charge in [0.2, 0.25) is 0 Å². The first-order valence-corrected chi connectivity index (χ1v) is 3.74. The Morgan fingerprint density at radius 3 is 2.45 bits per heavy atom. The van der Waals surface area contributed by atoms with Crippen LogP contribution in [0.3, 0.4) is 0 Å². The lowest BCUT2D eigenvalue weighted by Gasteiger charge is -1.93. The zero-order valence-corrected chi connectivity index (χ0v) is 7.27. The molecule has 60 valence electrons. The van der Waals surface area contributed by atoms with E-state index in [9.17, 15) is 0 Å². The van der Waals surface area contributed by atoms with Gasteiger partial charge in [0.25, 0.3) is 0 Å². The number of rotatable bonds is 1. The summed E-state index contributed by atoms with van der Waals surface area (Å²) in [6.45, 7) is 4.12. The molecule has 1 aromatic rings. The van der Waals surface area contributed by atoms with Gasteiger partial charge in [0.05, 0.1) is 0 Å². The van der Waals surface area contributed by atoms with Crippen molar-refractivity contribution in [3.05, 3.63) is 34.9 Å². The molecule has 1 aromatic carbocycles. The second-order valence-corrected chi connectivity index (χ2v) is 2.42. The van der Waals surface area contributed by atoms with E-state index < -0.39 is 0 Å². The maximum absolute atomic E-state index is 8.00. The Kier molecular flexibility index (Phi) is 5.49. The van der Waals surface area contributed by atoms with E-state index in [0.717, 1.165) is 11.4 Å². The van der Waals surface area contributed by atoms with Gasteiger partial charge in [-0.3, -0.25) is 0 Å². The van der Waals surface area contributed by atoms with E-state index in [0.29, 0.717) is 0 Å². The van der Waals surface area contributed by atoms with Gasteiger partial charge in [-0.25, -0.2) is 0 Å². The van der Waals surface area contributed by atoms with Crippen LogP contribution < -0.4 is 0 Å². The molecule has 1 rings (SSSR count). The van der Waals surface area contributed by atoms with Crippen molar-refractivity contribution in [3.8, 4) is 0 Å². The summed E-state index contributed by atoms with van der Waals surface area (Å²) < 4.78 is 0. The zero-order valence-electron chi connectivity index (χ0n) is 6.51. The highest BCUT2D eigenvalue weighted by Gasteiger charge is 1.87. The van der Waals surface area contributed by atoms with Crippen molar-refractivity contribution in [1.29, 1.82) is 0 Å². The molecule has 0 unspecified atom stereocenters. The Morgan fingerprint density at radius 2 is 2.09 bits per heavy atom. The minimum Gasteiger partial charge on any atom is -0.307 e. The fraction of sp³-hybridized carbons (Fsp3) is 0.222. The molecule has 11 heavy (non-hydrogen) atoms. The Bertz CT molecular complexity index is 210. The van der Waals surface area contributed by atoms with Gasteiger partial charge < -0.3 is 4.79 Å². The van der Waals surface area contributed by atoms with Crippen molar-refractivity contribution in [2.75, 3.05) is 0 Å². The highest BCUT2D eigenvalue weighted by molar-refractivity contribution is 6.30. The second-order valence-electron chi connectivity index (χ2n) is 1.98. The SMILES string of the molecule is C=O.CCc1cccc(Cl)c1. The van der Waals surface area contributed by atoms with Crippen LogP contribution in [-0.2, 0) is 11.2 Å². The minimum atomic E-state index is 0.828. The summed E-state index contributed by atoms with van der Waals surface area (Å²) in [5, 5.41) is 0.828.